The van der Waals surface area contributed by atoms with Gasteiger partial charge in [0, 0.05) is 35.8 Å². The molecular formula is C32H50ClN3O5. The van der Waals surface area contributed by atoms with Crippen LogP contribution in [0.1, 0.15) is 78.6 Å². The lowest BCUT2D eigenvalue weighted by Crippen LogP contribution is -2.21. The van der Waals surface area contributed by atoms with Crippen LogP contribution >= 0.6 is 11.6 Å². The molecule has 1 fully saturated rings. The van der Waals surface area contributed by atoms with E-state index in [4.69, 9.17) is 31.0 Å². The molecule has 1 aliphatic heterocycles. The van der Waals surface area contributed by atoms with Crippen LogP contribution in [-0.2, 0) is 16.0 Å². The van der Waals surface area contributed by atoms with E-state index in [1.807, 2.05) is 57.5 Å². The lowest BCUT2D eigenvalue weighted by atomic mass is 9.91. The first-order chi connectivity index (χ1) is 19.9. The number of carbonyl (C=O) groups excluding carboxylic acids is 1. The van der Waals surface area contributed by atoms with Crippen LogP contribution in [0, 0.1) is 5.92 Å². The average molecular weight is 592 g/mol. The van der Waals surface area contributed by atoms with E-state index in [9.17, 15) is 4.79 Å². The molecule has 1 saturated carbocycles. The Kier molecular flexibility index (Phi) is 20.6. The van der Waals surface area contributed by atoms with E-state index < -0.39 is 0 Å². The molecule has 0 amide bonds. The normalized spacial score (nSPS) is 14.8. The Labute approximate surface area is 251 Å². The van der Waals surface area contributed by atoms with Crippen molar-refractivity contribution in [3.8, 4) is 5.75 Å². The van der Waals surface area contributed by atoms with E-state index in [-0.39, 0.29) is 12.6 Å². The SMILES string of the molecule is CC1CCCCC1.CNCCNC.CNCCOC(c1cccc(Cl)c1)c1cc(C=O)c2c(c1)OCCC2.O=CO. The van der Waals surface area contributed by atoms with Gasteiger partial charge in [0.1, 0.15) is 18.1 Å². The van der Waals surface area contributed by atoms with Crippen molar-refractivity contribution >= 4 is 24.4 Å². The van der Waals surface area contributed by atoms with Gasteiger partial charge in [0.05, 0.1) is 13.2 Å². The number of carboxylic acid groups (broad SMARTS) is 1. The number of hydrogen-bond acceptors (Lipinski definition) is 7. The number of likely N-dealkylation sites (N-methyl/N-ethyl adjacent to an activating group) is 3. The summed E-state index contributed by atoms with van der Waals surface area (Å²) in [5, 5.41) is 16.6. The second kappa shape index (κ2) is 23.1. The second-order valence-electron chi connectivity index (χ2n) is 10.1. The Morgan fingerprint density at radius 1 is 0.976 bits per heavy atom. The van der Waals surface area contributed by atoms with Crippen LogP contribution in [0.5, 0.6) is 5.75 Å². The average Bonchev–Trinajstić information content (AvgIpc) is 2.99. The third kappa shape index (κ3) is 14.8. The Bertz CT molecular complexity index is 982. The standard InChI is InChI=1S/C20H22ClNO3.C7H14.C4H12N2.CH2O2/c1-22-7-9-25-20(14-4-2-5-17(21)11-14)15-10-16(13-23)18-6-3-8-24-19(18)12-15;1-7-5-3-2-4-6-7;1-5-3-4-6-2;2-1-3/h2,4-5,10-13,20,22H,3,6-9H2,1H3;7H,2-6H2,1H3;5-6H,3-4H2,1-2H3;1H,(H,2,3). The van der Waals surface area contributed by atoms with Crippen molar-refractivity contribution in [1.29, 1.82) is 0 Å². The first-order valence-corrected chi connectivity index (χ1v) is 15.0. The molecule has 1 unspecified atom stereocenters. The van der Waals surface area contributed by atoms with Crippen LogP contribution in [0.25, 0.3) is 0 Å². The van der Waals surface area contributed by atoms with Crippen molar-refractivity contribution < 1.29 is 24.2 Å². The zero-order valence-corrected chi connectivity index (χ0v) is 26.0. The van der Waals surface area contributed by atoms with Crippen molar-refractivity contribution in [1.82, 2.24) is 16.0 Å². The summed E-state index contributed by atoms with van der Waals surface area (Å²) in [6.07, 6.45) is 9.84. The van der Waals surface area contributed by atoms with Gasteiger partial charge in [-0.15, -0.1) is 0 Å². The molecule has 4 N–H and O–H groups in total. The molecule has 2 aromatic rings. The molecule has 1 atom stereocenters. The van der Waals surface area contributed by atoms with Gasteiger partial charge in [0.15, 0.2) is 0 Å². The van der Waals surface area contributed by atoms with Crippen molar-refractivity contribution in [2.75, 3.05) is 54.0 Å². The third-order valence-corrected chi connectivity index (χ3v) is 7.07. The zero-order valence-electron chi connectivity index (χ0n) is 25.2. The maximum Gasteiger partial charge on any atom is 0.290 e. The summed E-state index contributed by atoms with van der Waals surface area (Å²) in [6.45, 7) is 6.17. The fourth-order valence-electron chi connectivity index (χ4n) is 4.66. The smallest absolute Gasteiger partial charge is 0.290 e. The predicted molar refractivity (Wildman–Crippen MR) is 168 cm³/mol. The highest BCUT2D eigenvalue weighted by molar-refractivity contribution is 6.30. The van der Waals surface area contributed by atoms with Gasteiger partial charge in [0.2, 0.25) is 0 Å². The number of nitrogens with one attached hydrogen (secondary N) is 3. The molecular weight excluding hydrogens is 542 g/mol. The van der Waals surface area contributed by atoms with Crippen LogP contribution in [0.4, 0.5) is 0 Å². The van der Waals surface area contributed by atoms with Gasteiger partial charge in [-0.1, -0.05) is 62.8 Å². The number of rotatable bonds is 10. The summed E-state index contributed by atoms with van der Waals surface area (Å²) in [5.41, 5.74) is 3.53. The number of aldehydes is 1. The van der Waals surface area contributed by atoms with E-state index in [1.165, 1.54) is 32.1 Å². The van der Waals surface area contributed by atoms with Gasteiger partial charge in [-0.2, -0.15) is 0 Å². The van der Waals surface area contributed by atoms with Crippen LogP contribution in [-0.4, -0.2) is 71.9 Å². The zero-order chi connectivity index (χ0) is 30.3. The number of ether oxygens (including phenoxy) is 2. The highest BCUT2D eigenvalue weighted by atomic mass is 35.5. The summed E-state index contributed by atoms with van der Waals surface area (Å²) in [4.78, 5) is 19.9. The Morgan fingerprint density at radius 3 is 2.17 bits per heavy atom. The van der Waals surface area contributed by atoms with Crippen LogP contribution in [0.2, 0.25) is 5.02 Å². The molecule has 8 nitrogen and oxygen atoms in total. The first-order valence-electron chi connectivity index (χ1n) is 14.6. The lowest BCUT2D eigenvalue weighted by molar-refractivity contribution is -0.122. The number of hydrogen-bond donors (Lipinski definition) is 4. The van der Waals surface area contributed by atoms with Gasteiger partial charge >= 0.3 is 0 Å². The highest BCUT2D eigenvalue weighted by Gasteiger charge is 2.22. The quantitative estimate of drug-likeness (QED) is 0.211. The first kappa shape index (κ1) is 36.5. The van der Waals surface area contributed by atoms with E-state index in [0.717, 1.165) is 67.1 Å². The molecule has 0 bridgehead atoms. The number of fused-ring (bicyclic) bond motifs is 1. The molecule has 0 radical (unpaired) electrons. The molecule has 1 aliphatic carbocycles. The Hall–Kier alpha value is -2.49. The van der Waals surface area contributed by atoms with Crippen LogP contribution in [0.3, 0.4) is 0 Å². The van der Waals surface area contributed by atoms with E-state index >= 15 is 0 Å². The summed E-state index contributed by atoms with van der Waals surface area (Å²) in [6, 6.07) is 11.5. The number of halogens is 1. The van der Waals surface area contributed by atoms with Crippen molar-refractivity contribution in [3.63, 3.8) is 0 Å². The summed E-state index contributed by atoms with van der Waals surface area (Å²) in [7, 11) is 5.77. The van der Waals surface area contributed by atoms with Crippen molar-refractivity contribution in [2.24, 2.45) is 5.92 Å². The maximum atomic E-state index is 11.6. The topological polar surface area (TPSA) is 109 Å². The fourth-order valence-corrected chi connectivity index (χ4v) is 4.86. The molecule has 230 valence electrons. The van der Waals surface area contributed by atoms with Gasteiger partial charge in [0.25, 0.3) is 6.47 Å². The minimum absolute atomic E-state index is 0.250. The molecule has 2 aromatic carbocycles. The van der Waals surface area contributed by atoms with Gasteiger partial charge in [-0.05, 0) is 75.3 Å². The Balaban J connectivity index is 0.000000428. The molecule has 2 aliphatic rings. The minimum Gasteiger partial charge on any atom is -0.493 e. The third-order valence-electron chi connectivity index (χ3n) is 6.83. The molecule has 9 heteroatoms. The summed E-state index contributed by atoms with van der Waals surface area (Å²) >= 11 is 6.16. The van der Waals surface area contributed by atoms with Crippen LogP contribution < -0.4 is 20.7 Å². The Morgan fingerprint density at radius 2 is 1.63 bits per heavy atom. The highest BCUT2D eigenvalue weighted by Crippen LogP contribution is 2.35. The summed E-state index contributed by atoms with van der Waals surface area (Å²) in [5.74, 6) is 1.82. The van der Waals surface area contributed by atoms with E-state index in [2.05, 4.69) is 22.9 Å². The number of benzene rings is 2. The van der Waals surface area contributed by atoms with Crippen molar-refractivity contribution in [3.05, 3.63) is 63.7 Å². The fraction of sp³-hybridized carbons (Fsp3) is 0.562. The predicted octanol–water partition coefficient (Wildman–Crippen LogP) is 5.52. The monoisotopic (exact) mass is 591 g/mol. The van der Waals surface area contributed by atoms with Gasteiger partial charge in [-0.25, -0.2) is 0 Å². The maximum absolute atomic E-state index is 11.6. The molecule has 4 rings (SSSR count). The molecule has 1 heterocycles. The number of carbonyl (C=O) groups is 2. The van der Waals surface area contributed by atoms with E-state index in [1.54, 1.807) is 0 Å². The largest absolute Gasteiger partial charge is 0.493 e. The molecule has 0 saturated heterocycles. The molecule has 0 spiro atoms. The minimum atomic E-state index is -0.304. The van der Waals surface area contributed by atoms with Gasteiger partial charge in [-0.3, -0.25) is 9.59 Å². The van der Waals surface area contributed by atoms with Crippen LogP contribution in [0.15, 0.2) is 36.4 Å². The van der Waals surface area contributed by atoms with Gasteiger partial charge < -0.3 is 30.5 Å². The molecule has 0 aromatic heterocycles. The summed E-state index contributed by atoms with van der Waals surface area (Å²) < 4.78 is 11.9. The van der Waals surface area contributed by atoms with E-state index in [0.29, 0.717) is 23.8 Å². The second-order valence-corrected chi connectivity index (χ2v) is 10.6. The van der Waals surface area contributed by atoms with Crippen molar-refractivity contribution in [2.45, 2.75) is 58.0 Å². The lowest BCUT2D eigenvalue weighted by Gasteiger charge is -2.24. The molecule has 41 heavy (non-hydrogen) atoms.